The number of anilines is 1. The number of hydrogen-bond donors (Lipinski definition) is 1. The van der Waals surface area contributed by atoms with Gasteiger partial charge in [-0.15, -0.1) is 10.2 Å². The number of nitrogen functional groups attached to an aromatic ring is 1. The first-order chi connectivity index (χ1) is 6.25. The van der Waals surface area contributed by atoms with E-state index in [2.05, 4.69) is 31.2 Å². The lowest BCUT2D eigenvalue weighted by atomic mass is 10.5. The summed E-state index contributed by atoms with van der Waals surface area (Å²) in [6, 6.07) is 3.43. The predicted molar refractivity (Wildman–Crippen MR) is 51.3 cm³/mol. The minimum Gasteiger partial charge on any atom is -0.382 e. The Morgan fingerprint density at radius 2 is 2.15 bits per heavy atom. The molecule has 5 nitrogen and oxygen atoms in total. The van der Waals surface area contributed by atoms with Gasteiger partial charge in [-0.05, 0) is 28.1 Å². The highest BCUT2D eigenvalue weighted by atomic mass is 79.9. The van der Waals surface area contributed by atoms with Crippen molar-refractivity contribution in [1.29, 1.82) is 0 Å². The van der Waals surface area contributed by atoms with Gasteiger partial charge in [-0.3, -0.25) is 0 Å². The molecule has 2 aromatic rings. The summed E-state index contributed by atoms with van der Waals surface area (Å²) in [5.41, 5.74) is 5.40. The summed E-state index contributed by atoms with van der Waals surface area (Å²) in [7, 11) is 0. The van der Waals surface area contributed by atoms with Gasteiger partial charge < -0.3 is 5.73 Å². The van der Waals surface area contributed by atoms with Crippen LogP contribution in [0.3, 0.4) is 0 Å². The van der Waals surface area contributed by atoms with Gasteiger partial charge in [0.15, 0.2) is 5.82 Å². The van der Waals surface area contributed by atoms with Crippen molar-refractivity contribution in [1.82, 2.24) is 20.0 Å². The predicted octanol–water partition coefficient (Wildman–Crippen LogP) is 1.01. The lowest BCUT2D eigenvalue weighted by molar-refractivity contribution is 0.816. The zero-order valence-electron chi connectivity index (χ0n) is 6.55. The number of hydrogen-bond acceptors (Lipinski definition) is 4. The molecule has 0 aliphatic heterocycles. The summed E-state index contributed by atoms with van der Waals surface area (Å²) in [5, 5.41) is 11.6. The number of nitrogens with two attached hydrogens (primary N) is 1. The molecule has 0 saturated heterocycles. The molecule has 0 aliphatic carbocycles. The maximum absolute atomic E-state index is 5.40. The number of nitrogens with zero attached hydrogens (tertiary/aromatic N) is 4. The third-order valence-corrected chi connectivity index (χ3v) is 1.87. The van der Waals surface area contributed by atoms with Gasteiger partial charge in [0, 0.05) is 6.20 Å². The second kappa shape index (κ2) is 3.14. The van der Waals surface area contributed by atoms with Crippen LogP contribution in [0, 0.1) is 0 Å². The Bertz CT molecular complexity index is 407. The van der Waals surface area contributed by atoms with Gasteiger partial charge in [-0.2, -0.15) is 5.10 Å². The Labute approximate surface area is 82.7 Å². The Balaban J connectivity index is 2.41. The second-order valence-electron chi connectivity index (χ2n) is 2.42. The summed E-state index contributed by atoms with van der Waals surface area (Å²) in [4.78, 5) is 0. The first-order valence-electron chi connectivity index (χ1n) is 3.55. The molecule has 2 heterocycles. The highest BCUT2D eigenvalue weighted by Gasteiger charge is 1.99. The monoisotopic (exact) mass is 239 g/mol. The van der Waals surface area contributed by atoms with Crippen molar-refractivity contribution in [3.05, 3.63) is 29.0 Å². The van der Waals surface area contributed by atoms with Crippen molar-refractivity contribution < 1.29 is 0 Å². The molecule has 2 aromatic heterocycles. The molecule has 0 aromatic carbocycles. The highest BCUT2D eigenvalue weighted by Crippen LogP contribution is 2.10. The summed E-state index contributed by atoms with van der Waals surface area (Å²) in [6.45, 7) is 0. The van der Waals surface area contributed by atoms with E-state index in [1.165, 1.54) is 0 Å². The van der Waals surface area contributed by atoms with Crippen LogP contribution in [0.1, 0.15) is 0 Å². The van der Waals surface area contributed by atoms with Gasteiger partial charge in [0.25, 0.3) is 0 Å². The zero-order valence-corrected chi connectivity index (χ0v) is 8.14. The second-order valence-corrected chi connectivity index (χ2v) is 3.34. The van der Waals surface area contributed by atoms with Crippen LogP contribution in [-0.2, 0) is 0 Å². The van der Waals surface area contributed by atoms with Gasteiger partial charge in [0.2, 0.25) is 0 Å². The molecule has 2 rings (SSSR count). The molecule has 13 heavy (non-hydrogen) atoms. The minimum absolute atomic E-state index is 0.398. The molecule has 0 saturated carbocycles. The largest absolute Gasteiger partial charge is 0.382 e. The van der Waals surface area contributed by atoms with Crippen LogP contribution >= 0.6 is 15.9 Å². The first kappa shape index (κ1) is 8.18. The van der Waals surface area contributed by atoms with Crippen LogP contribution in [0.2, 0.25) is 0 Å². The highest BCUT2D eigenvalue weighted by molar-refractivity contribution is 9.10. The smallest absolute Gasteiger partial charge is 0.175 e. The van der Waals surface area contributed by atoms with Crippen molar-refractivity contribution in [2.45, 2.75) is 0 Å². The van der Waals surface area contributed by atoms with Crippen molar-refractivity contribution >= 4 is 21.7 Å². The Morgan fingerprint density at radius 1 is 1.31 bits per heavy atom. The SMILES string of the molecule is Nc1ccc(-n2cc(Br)cn2)nn1. The van der Waals surface area contributed by atoms with Gasteiger partial charge >= 0.3 is 0 Å². The third-order valence-electron chi connectivity index (χ3n) is 1.46. The standard InChI is InChI=1S/C7H6BrN5/c8-5-3-10-13(4-5)7-2-1-6(9)11-12-7/h1-4H,(H2,9,11). The van der Waals surface area contributed by atoms with Crippen LogP contribution in [0.25, 0.3) is 5.82 Å². The molecule has 66 valence electrons. The van der Waals surface area contributed by atoms with E-state index in [-0.39, 0.29) is 0 Å². The van der Waals surface area contributed by atoms with Gasteiger partial charge in [0.05, 0.1) is 10.7 Å². The maximum atomic E-state index is 5.40. The van der Waals surface area contributed by atoms with Crippen molar-refractivity contribution in [2.75, 3.05) is 5.73 Å². The molecule has 0 fully saturated rings. The minimum atomic E-state index is 0.398. The van der Waals surface area contributed by atoms with Crippen molar-refractivity contribution in [3.8, 4) is 5.82 Å². The fourth-order valence-corrected chi connectivity index (χ4v) is 1.17. The molecule has 0 unspecified atom stereocenters. The molecular weight excluding hydrogens is 234 g/mol. The van der Waals surface area contributed by atoms with Crippen LogP contribution in [-0.4, -0.2) is 20.0 Å². The number of halogens is 1. The summed E-state index contributed by atoms with van der Waals surface area (Å²) < 4.78 is 2.50. The van der Waals surface area contributed by atoms with E-state index >= 15 is 0 Å². The molecular formula is C7H6BrN5. The third kappa shape index (κ3) is 1.67. The summed E-state index contributed by atoms with van der Waals surface area (Å²) >= 11 is 3.29. The Kier molecular flexibility index (Phi) is 1.97. The van der Waals surface area contributed by atoms with Gasteiger partial charge in [0.1, 0.15) is 5.82 Å². The van der Waals surface area contributed by atoms with E-state index in [9.17, 15) is 0 Å². The zero-order chi connectivity index (χ0) is 9.26. The number of rotatable bonds is 1. The normalized spacial score (nSPS) is 10.2. The molecule has 0 aliphatic rings. The summed E-state index contributed by atoms with van der Waals surface area (Å²) in [5.74, 6) is 1.04. The van der Waals surface area contributed by atoms with Crippen LogP contribution < -0.4 is 5.73 Å². The Morgan fingerprint density at radius 3 is 2.69 bits per heavy atom. The van der Waals surface area contributed by atoms with E-state index in [0.29, 0.717) is 11.6 Å². The van der Waals surface area contributed by atoms with E-state index in [0.717, 1.165) is 4.47 Å². The average Bonchev–Trinajstić information content (AvgIpc) is 2.53. The van der Waals surface area contributed by atoms with Crippen LogP contribution in [0.5, 0.6) is 0 Å². The summed E-state index contributed by atoms with van der Waals surface area (Å²) in [6.07, 6.45) is 3.47. The fourth-order valence-electron chi connectivity index (χ4n) is 0.884. The van der Waals surface area contributed by atoms with Crippen molar-refractivity contribution in [3.63, 3.8) is 0 Å². The first-order valence-corrected chi connectivity index (χ1v) is 4.35. The number of aromatic nitrogens is 4. The van der Waals surface area contributed by atoms with E-state index in [4.69, 9.17) is 5.73 Å². The van der Waals surface area contributed by atoms with Crippen LogP contribution in [0.15, 0.2) is 29.0 Å². The molecule has 0 atom stereocenters. The van der Waals surface area contributed by atoms with Gasteiger partial charge in [-0.1, -0.05) is 0 Å². The van der Waals surface area contributed by atoms with Crippen LogP contribution in [0.4, 0.5) is 5.82 Å². The lowest BCUT2D eigenvalue weighted by Crippen LogP contribution is -2.01. The average molecular weight is 240 g/mol. The lowest BCUT2D eigenvalue weighted by Gasteiger charge is -1.97. The molecule has 0 amide bonds. The molecule has 0 bridgehead atoms. The van der Waals surface area contributed by atoms with E-state index < -0.39 is 0 Å². The molecule has 0 radical (unpaired) electrons. The maximum Gasteiger partial charge on any atom is 0.175 e. The van der Waals surface area contributed by atoms with E-state index in [1.54, 1.807) is 29.2 Å². The molecule has 0 spiro atoms. The molecule has 6 heteroatoms. The van der Waals surface area contributed by atoms with Gasteiger partial charge in [-0.25, -0.2) is 4.68 Å². The van der Waals surface area contributed by atoms with E-state index in [1.807, 2.05) is 0 Å². The quantitative estimate of drug-likeness (QED) is 0.807. The Hall–Kier alpha value is -1.43. The fraction of sp³-hybridized carbons (Fsp3) is 0. The van der Waals surface area contributed by atoms with Crippen molar-refractivity contribution in [2.24, 2.45) is 0 Å². The topological polar surface area (TPSA) is 69.6 Å². The molecule has 2 N–H and O–H groups in total.